The Kier molecular flexibility index (Phi) is 7.24. The van der Waals surface area contributed by atoms with Crippen molar-refractivity contribution in [1.29, 1.82) is 0 Å². The van der Waals surface area contributed by atoms with E-state index in [0.717, 1.165) is 0 Å². The van der Waals surface area contributed by atoms with Gasteiger partial charge in [-0.25, -0.2) is 0 Å². The summed E-state index contributed by atoms with van der Waals surface area (Å²) in [6.07, 6.45) is 1.64. The Hall–Kier alpha value is -3.32. The molecule has 3 rings (SSSR count). The van der Waals surface area contributed by atoms with Gasteiger partial charge in [0.25, 0.3) is 5.91 Å². The van der Waals surface area contributed by atoms with Crippen LogP contribution in [0.3, 0.4) is 0 Å². The number of anilines is 2. The Bertz CT molecular complexity index is 863. The van der Waals surface area contributed by atoms with E-state index in [1.54, 1.807) is 41.3 Å². The maximum atomic E-state index is 12.6. The summed E-state index contributed by atoms with van der Waals surface area (Å²) >= 11 is 0. The number of para-hydroxylation sites is 2. The number of nitrogens with zero attached hydrogens (tertiary/aromatic N) is 1. The summed E-state index contributed by atoms with van der Waals surface area (Å²) < 4.78 is 10.8. The van der Waals surface area contributed by atoms with E-state index in [2.05, 4.69) is 17.2 Å². The van der Waals surface area contributed by atoms with Crippen LogP contribution in [0.5, 0.6) is 5.75 Å². The molecule has 2 aromatic rings. The van der Waals surface area contributed by atoms with Crippen LogP contribution in [0.15, 0.2) is 61.2 Å². The first-order valence-electron chi connectivity index (χ1n) is 9.51. The van der Waals surface area contributed by atoms with Gasteiger partial charge in [0.05, 0.1) is 25.4 Å². The van der Waals surface area contributed by atoms with Crippen LogP contribution in [-0.4, -0.2) is 56.2 Å². The second kappa shape index (κ2) is 10.3. The van der Waals surface area contributed by atoms with Crippen LogP contribution < -0.4 is 15.4 Å². The molecule has 1 saturated heterocycles. The molecule has 0 atom stereocenters. The topological polar surface area (TPSA) is 79.9 Å². The van der Waals surface area contributed by atoms with Crippen LogP contribution in [0.25, 0.3) is 0 Å². The third-order valence-corrected chi connectivity index (χ3v) is 4.38. The lowest BCUT2D eigenvalue weighted by Crippen LogP contribution is -2.40. The van der Waals surface area contributed by atoms with Gasteiger partial charge in [-0.15, -0.1) is 0 Å². The van der Waals surface area contributed by atoms with Crippen molar-refractivity contribution in [3.8, 4) is 5.75 Å². The molecule has 7 heteroatoms. The number of rotatable bonds is 8. The monoisotopic (exact) mass is 395 g/mol. The maximum Gasteiger partial charge on any atom is 0.254 e. The molecule has 1 aliphatic rings. The largest absolute Gasteiger partial charge is 0.487 e. The van der Waals surface area contributed by atoms with Crippen molar-refractivity contribution in [2.45, 2.75) is 0 Å². The Labute approximate surface area is 170 Å². The van der Waals surface area contributed by atoms with Crippen LogP contribution in [-0.2, 0) is 9.53 Å². The highest BCUT2D eigenvalue weighted by atomic mass is 16.5. The van der Waals surface area contributed by atoms with Crippen molar-refractivity contribution in [2.24, 2.45) is 0 Å². The molecular formula is C22H25N3O4. The van der Waals surface area contributed by atoms with Gasteiger partial charge < -0.3 is 25.0 Å². The van der Waals surface area contributed by atoms with Crippen molar-refractivity contribution in [2.75, 3.05) is 50.1 Å². The number of carbonyl (C=O) groups excluding carboxylic acids is 2. The van der Waals surface area contributed by atoms with Gasteiger partial charge in [-0.05, 0) is 30.3 Å². The average molecular weight is 395 g/mol. The average Bonchev–Trinajstić information content (AvgIpc) is 2.77. The minimum absolute atomic E-state index is 0.0327. The second-order valence-electron chi connectivity index (χ2n) is 6.48. The van der Waals surface area contributed by atoms with Gasteiger partial charge in [-0.3, -0.25) is 9.59 Å². The Morgan fingerprint density at radius 3 is 2.72 bits per heavy atom. The molecule has 0 bridgehead atoms. The number of hydrogen-bond donors (Lipinski definition) is 2. The zero-order valence-electron chi connectivity index (χ0n) is 16.2. The first-order chi connectivity index (χ1) is 14.2. The quantitative estimate of drug-likeness (QED) is 0.672. The summed E-state index contributed by atoms with van der Waals surface area (Å²) in [6, 6.07) is 14.4. The molecule has 1 aliphatic heterocycles. The SMILES string of the molecule is C=CCOc1ccccc1NC(=O)CNc1cccc(C(=O)N2CCOCC2)c1. The number of morpholine rings is 1. The number of carbonyl (C=O) groups is 2. The molecule has 29 heavy (non-hydrogen) atoms. The molecule has 0 saturated carbocycles. The Morgan fingerprint density at radius 1 is 1.14 bits per heavy atom. The van der Waals surface area contributed by atoms with Gasteiger partial charge >= 0.3 is 0 Å². The molecule has 1 heterocycles. The Morgan fingerprint density at radius 2 is 1.93 bits per heavy atom. The number of benzene rings is 2. The summed E-state index contributed by atoms with van der Waals surface area (Å²) in [5, 5.41) is 5.89. The molecule has 2 amide bonds. The first-order valence-corrected chi connectivity index (χ1v) is 9.51. The molecule has 7 nitrogen and oxygen atoms in total. The van der Waals surface area contributed by atoms with Crippen LogP contribution in [0.4, 0.5) is 11.4 Å². The fraction of sp³-hybridized carbons (Fsp3) is 0.273. The third-order valence-electron chi connectivity index (χ3n) is 4.38. The van der Waals surface area contributed by atoms with Crippen molar-refractivity contribution < 1.29 is 19.1 Å². The van der Waals surface area contributed by atoms with E-state index in [1.807, 2.05) is 18.2 Å². The summed E-state index contributed by atoms with van der Waals surface area (Å²) in [5.74, 6) is 0.332. The van der Waals surface area contributed by atoms with E-state index in [0.29, 0.717) is 55.6 Å². The molecule has 0 unspecified atom stereocenters. The summed E-state index contributed by atoms with van der Waals surface area (Å²) in [7, 11) is 0. The van der Waals surface area contributed by atoms with Crippen LogP contribution >= 0.6 is 0 Å². The van der Waals surface area contributed by atoms with Crippen molar-refractivity contribution in [1.82, 2.24) is 4.90 Å². The Balaban J connectivity index is 1.57. The van der Waals surface area contributed by atoms with Crippen LogP contribution in [0.1, 0.15) is 10.4 Å². The van der Waals surface area contributed by atoms with E-state index < -0.39 is 0 Å². The fourth-order valence-electron chi connectivity index (χ4n) is 2.93. The minimum Gasteiger partial charge on any atom is -0.487 e. The van der Waals surface area contributed by atoms with Crippen molar-refractivity contribution in [3.63, 3.8) is 0 Å². The van der Waals surface area contributed by atoms with Crippen molar-refractivity contribution in [3.05, 3.63) is 66.7 Å². The summed E-state index contributed by atoms with van der Waals surface area (Å²) in [5.41, 5.74) is 1.88. The fourth-order valence-corrected chi connectivity index (χ4v) is 2.93. The number of amides is 2. The van der Waals surface area contributed by atoms with Gasteiger partial charge in [-0.1, -0.05) is 30.9 Å². The number of hydrogen-bond acceptors (Lipinski definition) is 5. The van der Waals surface area contributed by atoms with E-state index in [1.165, 1.54) is 0 Å². The highest BCUT2D eigenvalue weighted by Gasteiger charge is 2.18. The smallest absolute Gasteiger partial charge is 0.254 e. The molecule has 2 N–H and O–H groups in total. The normalized spacial score (nSPS) is 13.4. The predicted molar refractivity (Wildman–Crippen MR) is 112 cm³/mol. The van der Waals surface area contributed by atoms with E-state index in [-0.39, 0.29) is 18.4 Å². The van der Waals surface area contributed by atoms with E-state index in [4.69, 9.17) is 9.47 Å². The molecule has 152 valence electrons. The second-order valence-corrected chi connectivity index (χ2v) is 6.48. The van der Waals surface area contributed by atoms with Crippen molar-refractivity contribution >= 4 is 23.2 Å². The lowest BCUT2D eigenvalue weighted by molar-refractivity contribution is -0.114. The van der Waals surface area contributed by atoms with Gasteiger partial charge in [0.1, 0.15) is 12.4 Å². The number of nitrogens with one attached hydrogen (secondary N) is 2. The zero-order valence-corrected chi connectivity index (χ0v) is 16.2. The zero-order chi connectivity index (χ0) is 20.5. The van der Waals surface area contributed by atoms with E-state index >= 15 is 0 Å². The minimum atomic E-state index is -0.218. The molecule has 0 aromatic heterocycles. The van der Waals surface area contributed by atoms with Crippen LogP contribution in [0.2, 0.25) is 0 Å². The molecule has 0 aliphatic carbocycles. The molecule has 0 radical (unpaired) electrons. The summed E-state index contributed by atoms with van der Waals surface area (Å²) in [6.45, 7) is 6.33. The lowest BCUT2D eigenvalue weighted by Gasteiger charge is -2.27. The standard InChI is InChI=1S/C22H25N3O4/c1-2-12-29-20-9-4-3-8-19(20)24-21(26)16-23-18-7-5-6-17(15-18)22(27)25-10-13-28-14-11-25/h2-9,15,23H,1,10-14,16H2,(H,24,26). The molecular weight excluding hydrogens is 370 g/mol. The molecule has 1 fully saturated rings. The predicted octanol–water partition coefficient (Wildman–Crippen LogP) is 2.77. The molecule has 2 aromatic carbocycles. The van der Waals surface area contributed by atoms with Gasteiger partial charge in [0.2, 0.25) is 5.91 Å². The highest BCUT2D eigenvalue weighted by Crippen LogP contribution is 2.23. The van der Waals surface area contributed by atoms with Gasteiger partial charge in [-0.2, -0.15) is 0 Å². The first kappa shape index (κ1) is 20.4. The van der Waals surface area contributed by atoms with Gasteiger partial charge in [0.15, 0.2) is 0 Å². The molecule has 0 spiro atoms. The lowest BCUT2D eigenvalue weighted by atomic mass is 10.1. The maximum absolute atomic E-state index is 12.6. The number of ether oxygens (including phenoxy) is 2. The van der Waals surface area contributed by atoms with Gasteiger partial charge in [0, 0.05) is 24.3 Å². The third kappa shape index (κ3) is 5.83. The highest BCUT2D eigenvalue weighted by molar-refractivity contribution is 5.96. The van der Waals surface area contributed by atoms with Crippen LogP contribution in [0, 0.1) is 0 Å². The van der Waals surface area contributed by atoms with E-state index in [9.17, 15) is 9.59 Å². The summed E-state index contributed by atoms with van der Waals surface area (Å²) in [4.78, 5) is 26.7.